The Hall–Kier alpha value is -1.30. The van der Waals surface area contributed by atoms with Crippen molar-refractivity contribution in [1.82, 2.24) is 0 Å². The molecule has 0 bridgehead atoms. The summed E-state index contributed by atoms with van der Waals surface area (Å²) in [6.07, 6.45) is 6.44. The van der Waals surface area contributed by atoms with Crippen molar-refractivity contribution in [2.75, 3.05) is 0 Å². The zero-order valence-corrected chi connectivity index (χ0v) is 13.4. The van der Waals surface area contributed by atoms with Crippen molar-refractivity contribution < 1.29 is 0 Å². The molecule has 0 N–H and O–H groups in total. The number of allylic oxidation sites excluding steroid dienone is 2. The molecule has 0 heterocycles. The van der Waals surface area contributed by atoms with Gasteiger partial charge in [-0.25, -0.2) is 0 Å². The van der Waals surface area contributed by atoms with Crippen molar-refractivity contribution in [1.29, 1.82) is 0 Å². The maximum absolute atomic E-state index is 2.48. The van der Waals surface area contributed by atoms with Crippen LogP contribution in [0.25, 0.3) is 5.57 Å². The van der Waals surface area contributed by atoms with Crippen molar-refractivity contribution in [2.45, 2.75) is 24.6 Å². The van der Waals surface area contributed by atoms with E-state index in [-0.39, 0.29) is 0 Å². The minimum absolute atomic E-state index is 0.594. The molecule has 0 aliphatic heterocycles. The number of hydrogen-bond donors (Lipinski definition) is 0. The molecule has 0 fully saturated rings. The fourth-order valence-electron chi connectivity index (χ4n) is 2.81. The van der Waals surface area contributed by atoms with Gasteiger partial charge in [0.05, 0.1) is 0 Å². The Kier molecular flexibility index (Phi) is 4.73. The van der Waals surface area contributed by atoms with Gasteiger partial charge in [0, 0.05) is 0 Å². The average molecular weight is 327 g/mol. The van der Waals surface area contributed by atoms with Gasteiger partial charge in [-0.2, -0.15) is 0 Å². The van der Waals surface area contributed by atoms with Crippen LogP contribution in [0.1, 0.15) is 24.8 Å². The molecular formula is C19H20Se. The molecule has 0 saturated heterocycles. The van der Waals surface area contributed by atoms with Crippen LogP contribution in [-0.4, -0.2) is 15.0 Å². The second-order valence-electron chi connectivity index (χ2n) is 5.28. The van der Waals surface area contributed by atoms with Crippen molar-refractivity contribution in [3.8, 4) is 0 Å². The van der Waals surface area contributed by atoms with Crippen molar-refractivity contribution in [3.05, 3.63) is 72.3 Å². The minimum atomic E-state index is 0.594. The van der Waals surface area contributed by atoms with E-state index in [4.69, 9.17) is 0 Å². The molecule has 0 saturated carbocycles. The van der Waals surface area contributed by atoms with Gasteiger partial charge in [-0.3, -0.25) is 0 Å². The topological polar surface area (TPSA) is 0 Å². The molecule has 0 aromatic heterocycles. The SMILES string of the molecule is C1=C(c2ccccc2)C(C[Se]c2ccccc2)CCC1. The predicted octanol–water partition coefficient (Wildman–Crippen LogP) is 4.32. The van der Waals surface area contributed by atoms with E-state index < -0.39 is 0 Å². The quantitative estimate of drug-likeness (QED) is 0.734. The van der Waals surface area contributed by atoms with E-state index in [0.29, 0.717) is 15.0 Å². The first-order valence-corrected chi connectivity index (χ1v) is 9.43. The maximum atomic E-state index is 2.48. The second kappa shape index (κ2) is 6.92. The van der Waals surface area contributed by atoms with E-state index in [1.807, 2.05) is 0 Å². The summed E-state index contributed by atoms with van der Waals surface area (Å²) < 4.78 is 1.53. The summed E-state index contributed by atoms with van der Waals surface area (Å²) in [5.41, 5.74) is 3.02. The molecule has 1 unspecified atom stereocenters. The van der Waals surface area contributed by atoms with Gasteiger partial charge in [-0.1, -0.05) is 0 Å². The van der Waals surface area contributed by atoms with Gasteiger partial charge in [-0.15, -0.1) is 0 Å². The molecule has 0 radical (unpaired) electrons. The van der Waals surface area contributed by atoms with E-state index in [0.717, 1.165) is 5.92 Å². The monoisotopic (exact) mass is 328 g/mol. The van der Waals surface area contributed by atoms with Crippen LogP contribution >= 0.6 is 0 Å². The fourth-order valence-corrected chi connectivity index (χ4v) is 5.10. The van der Waals surface area contributed by atoms with E-state index >= 15 is 0 Å². The van der Waals surface area contributed by atoms with Crippen LogP contribution < -0.4 is 4.46 Å². The molecule has 1 aliphatic carbocycles. The Morgan fingerprint density at radius 3 is 2.35 bits per heavy atom. The molecule has 1 heteroatoms. The zero-order chi connectivity index (χ0) is 13.6. The van der Waals surface area contributed by atoms with Crippen LogP contribution in [0.4, 0.5) is 0 Å². The van der Waals surface area contributed by atoms with Crippen LogP contribution in [0.2, 0.25) is 5.32 Å². The van der Waals surface area contributed by atoms with Gasteiger partial charge in [-0.05, 0) is 0 Å². The normalized spacial score (nSPS) is 18.6. The summed E-state index contributed by atoms with van der Waals surface area (Å²) in [6, 6.07) is 21.9. The summed E-state index contributed by atoms with van der Waals surface area (Å²) in [6.45, 7) is 0. The first kappa shape index (κ1) is 13.7. The third-order valence-electron chi connectivity index (χ3n) is 3.86. The van der Waals surface area contributed by atoms with Gasteiger partial charge in [0.25, 0.3) is 0 Å². The summed E-state index contributed by atoms with van der Waals surface area (Å²) >= 11 is 0.594. The third-order valence-corrected chi connectivity index (χ3v) is 6.33. The fraction of sp³-hybridized carbons (Fsp3) is 0.263. The van der Waals surface area contributed by atoms with Crippen LogP contribution in [0.5, 0.6) is 0 Å². The Morgan fingerprint density at radius 2 is 1.60 bits per heavy atom. The standard InChI is InChI=1S/C19H20Se/c1-3-9-16(10-4-1)19-14-8-7-11-17(19)15-20-18-12-5-2-6-13-18/h1-6,9-10,12-14,17H,7-8,11,15H2. The van der Waals surface area contributed by atoms with E-state index in [2.05, 4.69) is 66.7 Å². The van der Waals surface area contributed by atoms with Crippen LogP contribution in [0.15, 0.2) is 66.7 Å². The first-order chi connectivity index (χ1) is 9.93. The van der Waals surface area contributed by atoms with Crippen molar-refractivity contribution >= 4 is 25.0 Å². The van der Waals surface area contributed by atoms with Crippen LogP contribution in [0.3, 0.4) is 0 Å². The molecule has 3 rings (SSSR count). The molecule has 0 spiro atoms. The zero-order valence-electron chi connectivity index (χ0n) is 11.7. The molecule has 0 nitrogen and oxygen atoms in total. The molecule has 102 valence electrons. The molecule has 1 aliphatic rings. The summed E-state index contributed by atoms with van der Waals surface area (Å²) in [7, 11) is 0. The molecule has 20 heavy (non-hydrogen) atoms. The average Bonchev–Trinajstić information content (AvgIpc) is 2.55. The Bertz CT molecular complexity index is 557. The van der Waals surface area contributed by atoms with Gasteiger partial charge in [0.1, 0.15) is 0 Å². The van der Waals surface area contributed by atoms with Gasteiger partial charge in [0.2, 0.25) is 0 Å². The first-order valence-electron chi connectivity index (χ1n) is 7.37. The molecule has 2 aromatic rings. The Morgan fingerprint density at radius 1 is 0.900 bits per heavy atom. The van der Waals surface area contributed by atoms with E-state index in [9.17, 15) is 0 Å². The number of benzene rings is 2. The van der Waals surface area contributed by atoms with Gasteiger partial charge >= 0.3 is 128 Å². The van der Waals surface area contributed by atoms with Crippen LogP contribution in [-0.2, 0) is 0 Å². The number of rotatable bonds is 4. The Balaban J connectivity index is 1.71. The summed E-state index contributed by atoms with van der Waals surface area (Å²) in [5, 5.41) is 1.33. The predicted molar refractivity (Wildman–Crippen MR) is 88.4 cm³/mol. The number of hydrogen-bond acceptors (Lipinski definition) is 0. The van der Waals surface area contributed by atoms with Crippen molar-refractivity contribution in [2.24, 2.45) is 5.92 Å². The third kappa shape index (κ3) is 3.42. The summed E-state index contributed by atoms with van der Waals surface area (Å²) in [4.78, 5) is 0. The molecule has 1 atom stereocenters. The Labute approximate surface area is 128 Å². The summed E-state index contributed by atoms with van der Waals surface area (Å²) in [5.74, 6) is 0.756. The van der Waals surface area contributed by atoms with Crippen molar-refractivity contribution in [3.63, 3.8) is 0 Å². The second-order valence-corrected chi connectivity index (χ2v) is 7.57. The van der Waals surface area contributed by atoms with Crippen LogP contribution in [0, 0.1) is 5.92 Å². The van der Waals surface area contributed by atoms with Gasteiger partial charge < -0.3 is 0 Å². The van der Waals surface area contributed by atoms with E-state index in [1.165, 1.54) is 34.6 Å². The molecule has 2 aromatic carbocycles. The van der Waals surface area contributed by atoms with E-state index in [1.54, 1.807) is 5.57 Å². The van der Waals surface area contributed by atoms with Gasteiger partial charge in [0.15, 0.2) is 0 Å². The molecule has 0 amide bonds. The molecular weight excluding hydrogens is 307 g/mol.